The summed E-state index contributed by atoms with van der Waals surface area (Å²) >= 11 is 0. The second-order valence-corrected chi connectivity index (χ2v) is 8.74. The minimum atomic E-state index is -3.56. The molecule has 0 spiro atoms. The van der Waals surface area contributed by atoms with E-state index < -0.39 is 10.0 Å². The zero-order valence-electron chi connectivity index (χ0n) is 16.8. The van der Waals surface area contributed by atoms with E-state index in [1.807, 2.05) is 54.6 Å². The molecule has 0 bridgehead atoms. The van der Waals surface area contributed by atoms with Crippen LogP contribution in [0.5, 0.6) is 5.75 Å². The van der Waals surface area contributed by atoms with E-state index in [9.17, 15) is 13.2 Å². The summed E-state index contributed by atoms with van der Waals surface area (Å²) in [7, 11) is -3.56. The number of amides is 1. The predicted octanol–water partition coefficient (Wildman–Crippen LogP) is 4.06. The normalized spacial score (nSPS) is 11.3. The molecular weight excluding hydrogens is 400 g/mol. The Morgan fingerprint density at radius 2 is 1.47 bits per heavy atom. The van der Waals surface area contributed by atoms with Gasteiger partial charge in [0.1, 0.15) is 5.75 Å². The van der Waals surface area contributed by atoms with Gasteiger partial charge in [0.05, 0.1) is 4.90 Å². The van der Waals surface area contributed by atoms with Gasteiger partial charge in [0.15, 0.2) is 6.61 Å². The fraction of sp³-hybridized carbons (Fsp3) is 0.174. The molecule has 0 aliphatic rings. The summed E-state index contributed by atoms with van der Waals surface area (Å²) < 4.78 is 32.3. The van der Waals surface area contributed by atoms with E-state index in [2.05, 4.69) is 10.0 Å². The Bertz CT molecular complexity index is 1080. The topological polar surface area (TPSA) is 84.5 Å². The van der Waals surface area contributed by atoms with Gasteiger partial charge in [0.2, 0.25) is 10.0 Å². The van der Waals surface area contributed by atoms with Crippen molar-refractivity contribution < 1.29 is 17.9 Å². The number of hydrogen-bond acceptors (Lipinski definition) is 4. The van der Waals surface area contributed by atoms with Gasteiger partial charge in [-0.1, -0.05) is 42.5 Å². The van der Waals surface area contributed by atoms with Crippen LogP contribution in [0.2, 0.25) is 0 Å². The highest BCUT2D eigenvalue weighted by molar-refractivity contribution is 7.89. The van der Waals surface area contributed by atoms with E-state index in [0.717, 1.165) is 11.1 Å². The lowest BCUT2D eigenvalue weighted by Gasteiger charge is -2.11. The van der Waals surface area contributed by atoms with Crippen molar-refractivity contribution in [2.24, 2.45) is 0 Å². The minimum absolute atomic E-state index is 0.143. The molecule has 3 aromatic rings. The molecule has 7 heteroatoms. The fourth-order valence-corrected chi connectivity index (χ4v) is 4.07. The van der Waals surface area contributed by atoms with Crippen molar-refractivity contribution in [2.45, 2.75) is 24.8 Å². The minimum Gasteiger partial charge on any atom is -0.484 e. The molecule has 0 aliphatic carbocycles. The van der Waals surface area contributed by atoms with Crippen LogP contribution in [-0.2, 0) is 14.8 Å². The average Bonchev–Trinajstić information content (AvgIpc) is 2.73. The summed E-state index contributed by atoms with van der Waals surface area (Å²) in [5.41, 5.74) is 2.66. The first-order chi connectivity index (χ1) is 14.3. The Hall–Kier alpha value is -3.16. The second-order valence-electron chi connectivity index (χ2n) is 7.03. The maximum Gasteiger partial charge on any atom is 0.262 e. The maximum atomic E-state index is 12.1. The van der Waals surface area contributed by atoms with Gasteiger partial charge in [0.25, 0.3) is 5.91 Å². The van der Waals surface area contributed by atoms with Gasteiger partial charge >= 0.3 is 0 Å². The quantitative estimate of drug-likeness (QED) is 0.571. The number of benzene rings is 3. The molecule has 0 heterocycles. The smallest absolute Gasteiger partial charge is 0.262 e. The van der Waals surface area contributed by atoms with Crippen LogP contribution in [0.15, 0.2) is 83.8 Å². The Labute approximate surface area is 177 Å². The summed E-state index contributed by atoms with van der Waals surface area (Å²) in [5.74, 6) is 0.254. The van der Waals surface area contributed by atoms with Crippen LogP contribution in [-0.4, -0.2) is 27.0 Å². The Kier molecular flexibility index (Phi) is 6.87. The highest BCUT2D eigenvalue weighted by Crippen LogP contribution is 2.22. The molecule has 156 valence electrons. The van der Waals surface area contributed by atoms with Crippen LogP contribution >= 0.6 is 0 Å². The average molecular weight is 425 g/mol. The standard InChI is InChI=1S/C23H24N2O4S/c1-17(2)25-30(27,28)22-14-10-20(11-15-22)24-23(26)16-29-21-12-8-19(9-13-21)18-6-4-3-5-7-18/h3-15,17,25H,16H2,1-2H3,(H,24,26). The predicted molar refractivity (Wildman–Crippen MR) is 118 cm³/mol. The van der Waals surface area contributed by atoms with Crippen molar-refractivity contribution in [3.05, 3.63) is 78.9 Å². The van der Waals surface area contributed by atoms with E-state index in [0.29, 0.717) is 11.4 Å². The van der Waals surface area contributed by atoms with Crippen molar-refractivity contribution >= 4 is 21.6 Å². The third kappa shape index (κ3) is 5.92. The number of anilines is 1. The summed E-state index contributed by atoms with van der Waals surface area (Å²) in [6.07, 6.45) is 0. The van der Waals surface area contributed by atoms with Gasteiger partial charge in [-0.2, -0.15) is 0 Å². The van der Waals surface area contributed by atoms with E-state index in [4.69, 9.17) is 4.74 Å². The van der Waals surface area contributed by atoms with E-state index in [-0.39, 0.29) is 23.5 Å². The van der Waals surface area contributed by atoms with Gasteiger partial charge in [-0.25, -0.2) is 13.1 Å². The third-order valence-electron chi connectivity index (χ3n) is 4.17. The molecule has 1 amide bonds. The molecule has 0 atom stereocenters. The maximum absolute atomic E-state index is 12.1. The molecule has 6 nitrogen and oxygen atoms in total. The lowest BCUT2D eigenvalue weighted by atomic mass is 10.1. The first-order valence-corrected chi connectivity index (χ1v) is 11.0. The number of carbonyl (C=O) groups excluding carboxylic acids is 1. The third-order valence-corrected chi connectivity index (χ3v) is 5.85. The summed E-state index contributed by atoms with van der Waals surface area (Å²) in [4.78, 5) is 12.3. The molecule has 3 aromatic carbocycles. The molecule has 0 saturated heterocycles. The molecule has 3 rings (SSSR count). The van der Waals surface area contributed by atoms with Crippen LogP contribution in [0, 0.1) is 0 Å². The second kappa shape index (κ2) is 9.56. The first kappa shape index (κ1) is 21.5. The highest BCUT2D eigenvalue weighted by atomic mass is 32.2. The molecule has 0 saturated carbocycles. The highest BCUT2D eigenvalue weighted by Gasteiger charge is 2.15. The Balaban J connectivity index is 1.53. The van der Waals surface area contributed by atoms with Gasteiger partial charge in [-0.3, -0.25) is 4.79 Å². The van der Waals surface area contributed by atoms with Crippen LogP contribution in [0.25, 0.3) is 11.1 Å². The van der Waals surface area contributed by atoms with Crippen molar-refractivity contribution in [1.82, 2.24) is 4.72 Å². The number of nitrogens with one attached hydrogen (secondary N) is 2. The molecule has 0 unspecified atom stereocenters. The van der Waals surface area contributed by atoms with Gasteiger partial charge in [0, 0.05) is 11.7 Å². The van der Waals surface area contributed by atoms with Crippen molar-refractivity contribution in [3.63, 3.8) is 0 Å². The van der Waals surface area contributed by atoms with E-state index >= 15 is 0 Å². The Morgan fingerprint density at radius 3 is 2.07 bits per heavy atom. The van der Waals surface area contributed by atoms with Gasteiger partial charge in [-0.15, -0.1) is 0 Å². The molecule has 0 fully saturated rings. The van der Waals surface area contributed by atoms with Crippen molar-refractivity contribution in [1.29, 1.82) is 0 Å². The molecule has 0 aromatic heterocycles. The van der Waals surface area contributed by atoms with Crippen LogP contribution in [0.1, 0.15) is 13.8 Å². The van der Waals surface area contributed by atoms with Crippen LogP contribution in [0.4, 0.5) is 5.69 Å². The molecule has 2 N–H and O–H groups in total. The summed E-state index contributed by atoms with van der Waals surface area (Å²) in [5, 5.41) is 2.69. The zero-order valence-corrected chi connectivity index (χ0v) is 17.6. The summed E-state index contributed by atoms with van der Waals surface area (Å²) in [6, 6.07) is 23.3. The fourth-order valence-electron chi connectivity index (χ4n) is 2.82. The number of hydrogen-bond donors (Lipinski definition) is 2. The lowest BCUT2D eigenvalue weighted by molar-refractivity contribution is -0.118. The zero-order chi connectivity index (χ0) is 21.6. The van der Waals surface area contributed by atoms with Gasteiger partial charge < -0.3 is 10.1 Å². The van der Waals surface area contributed by atoms with Crippen LogP contribution < -0.4 is 14.8 Å². The monoisotopic (exact) mass is 424 g/mol. The lowest BCUT2D eigenvalue weighted by Crippen LogP contribution is -2.30. The van der Waals surface area contributed by atoms with E-state index in [1.165, 1.54) is 12.1 Å². The van der Waals surface area contributed by atoms with Gasteiger partial charge in [-0.05, 0) is 61.4 Å². The number of rotatable bonds is 8. The molecular formula is C23H24N2O4S. The van der Waals surface area contributed by atoms with Crippen molar-refractivity contribution in [3.8, 4) is 16.9 Å². The Morgan fingerprint density at radius 1 is 0.867 bits per heavy atom. The number of carbonyl (C=O) groups is 1. The van der Waals surface area contributed by atoms with Crippen LogP contribution in [0.3, 0.4) is 0 Å². The van der Waals surface area contributed by atoms with E-state index in [1.54, 1.807) is 26.0 Å². The molecule has 30 heavy (non-hydrogen) atoms. The summed E-state index contributed by atoms with van der Waals surface area (Å²) in [6.45, 7) is 3.35. The largest absolute Gasteiger partial charge is 0.484 e. The van der Waals surface area contributed by atoms with Crippen molar-refractivity contribution in [2.75, 3.05) is 11.9 Å². The molecule has 0 aliphatic heterocycles. The first-order valence-electron chi connectivity index (χ1n) is 9.54. The molecule has 0 radical (unpaired) electrons. The number of ether oxygens (including phenoxy) is 1. The number of sulfonamides is 1. The SMILES string of the molecule is CC(C)NS(=O)(=O)c1ccc(NC(=O)COc2ccc(-c3ccccc3)cc2)cc1.